The Bertz CT molecular complexity index is 711. The number of aryl methyl sites for hydroxylation is 1. The molecule has 0 bridgehead atoms. The summed E-state index contributed by atoms with van der Waals surface area (Å²) in [5.74, 6) is -1.57. The van der Waals surface area contributed by atoms with Crippen molar-refractivity contribution in [2.24, 2.45) is 5.73 Å². The van der Waals surface area contributed by atoms with Crippen molar-refractivity contribution in [2.45, 2.75) is 6.92 Å². The second-order valence-electron chi connectivity index (χ2n) is 4.53. The molecule has 0 aliphatic rings. The predicted octanol–water partition coefficient (Wildman–Crippen LogP) is 3.16. The maximum atomic E-state index is 13.5. The van der Waals surface area contributed by atoms with Gasteiger partial charge in [-0.25, -0.2) is 8.78 Å². The van der Waals surface area contributed by atoms with Crippen LogP contribution in [0.3, 0.4) is 0 Å². The Hall–Kier alpha value is -2.34. The van der Waals surface area contributed by atoms with Gasteiger partial charge in [-0.15, -0.1) is 0 Å². The number of carbonyl (C=O) groups excluding carboxylic acids is 1. The molecule has 0 radical (unpaired) electrons. The van der Waals surface area contributed by atoms with Crippen LogP contribution in [-0.4, -0.2) is 10.9 Å². The van der Waals surface area contributed by atoms with Crippen LogP contribution in [0, 0.1) is 18.6 Å². The summed E-state index contributed by atoms with van der Waals surface area (Å²) in [7, 11) is 0. The van der Waals surface area contributed by atoms with Crippen LogP contribution in [0.25, 0.3) is 0 Å². The van der Waals surface area contributed by atoms with E-state index in [9.17, 15) is 13.6 Å². The molecule has 0 saturated heterocycles. The molecule has 0 heterocycles. The van der Waals surface area contributed by atoms with E-state index < -0.39 is 17.5 Å². The van der Waals surface area contributed by atoms with Gasteiger partial charge in [0.25, 0.3) is 5.91 Å². The number of anilines is 1. The summed E-state index contributed by atoms with van der Waals surface area (Å²) in [5, 5.41) is 2.55. The molecule has 2 aromatic rings. The molecule has 1 amide bonds. The van der Waals surface area contributed by atoms with Crippen molar-refractivity contribution in [1.82, 2.24) is 0 Å². The van der Waals surface area contributed by atoms with E-state index >= 15 is 0 Å². The standard InChI is InChI=1S/C15H12F2N2OS/c1-8-4-9(6-10(16)5-8)15(20)19-11-2-3-13(17)12(7-11)14(18)21/h2-7H,1H3,(H2,18,21)(H,19,20). The Morgan fingerprint density at radius 3 is 2.52 bits per heavy atom. The largest absolute Gasteiger partial charge is 0.389 e. The van der Waals surface area contributed by atoms with Gasteiger partial charge in [0.2, 0.25) is 0 Å². The highest BCUT2D eigenvalue weighted by molar-refractivity contribution is 7.80. The smallest absolute Gasteiger partial charge is 0.255 e. The highest BCUT2D eigenvalue weighted by atomic mass is 32.1. The molecule has 108 valence electrons. The number of benzene rings is 2. The minimum absolute atomic E-state index is 0.0400. The lowest BCUT2D eigenvalue weighted by atomic mass is 10.1. The number of nitrogens with two attached hydrogens (primary N) is 1. The van der Waals surface area contributed by atoms with Crippen molar-refractivity contribution in [3.63, 3.8) is 0 Å². The number of hydrogen-bond acceptors (Lipinski definition) is 2. The van der Waals surface area contributed by atoms with Crippen molar-refractivity contribution >= 4 is 28.8 Å². The van der Waals surface area contributed by atoms with E-state index in [-0.39, 0.29) is 16.1 Å². The molecule has 0 spiro atoms. The summed E-state index contributed by atoms with van der Waals surface area (Å²) in [6, 6.07) is 7.86. The number of nitrogens with one attached hydrogen (secondary N) is 1. The van der Waals surface area contributed by atoms with Gasteiger partial charge in [0, 0.05) is 16.8 Å². The van der Waals surface area contributed by atoms with E-state index in [1.165, 1.54) is 18.2 Å². The van der Waals surface area contributed by atoms with E-state index in [0.29, 0.717) is 11.3 Å². The minimum Gasteiger partial charge on any atom is -0.389 e. The third kappa shape index (κ3) is 3.61. The molecule has 0 aliphatic carbocycles. The highest BCUT2D eigenvalue weighted by Gasteiger charge is 2.11. The predicted molar refractivity (Wildman–Crippen MR) is 81.4 cm³/mol. The van der Waals surface area contributed by atoms with Crippen molar-refractivity contribution < 1.29 is 13.6 Å². The Labute approximate surface area is 125 Å². The third-order valence-corrected chi connectivity index (χ3v) is 3.01. The molecule has 0 aliphatic heterocycles. The Morgan fingerprint density at radius 1 is 1.19 bits per heavy atom. The number of hydrogen-bond donors (Lipinski definition) is 2. The van der Waals surface area contributed by atoms with Gasteiger partial charge in [0.15, 0.2) is 0 Å². The lowest BCUT2D eigenvalue weighted by Gasteiger charge is -2.08. The fourth-order valence-corrected chi connectivity index (χ4v) is 2.02. The zero-order chi connectivity index (χ0) is 15.6. The van der Waals surface area contributed by atoms with Gasteiger partial charge in [0.05, 0.1) is 0 Å². The molecule has 21 heavy (non-hydrogen) atoms. The highest BCUT2D eigenvalue weighted by Crippen LogP contribution is 2.16. The first-order valence-corrected chi connectivity index (χ1v) is 6.45. The van der Waals surface area contributed by atoms with Crippen LogP contribution in [0.15, 0.2) is 36.4 Å². The van der Waals surface area contributed by atoms with Crippen LogP contribution in [0.2, 0.25) is 0 Å². The molecule has 2 rings (SSSR count). The first-order chi connectivity index (χ1) is 9.86. The monoisotopic (exact) mass is 306 g/mol. The van der Waals surface area contributed by atoms with Gasteiger partial charge in [0.1, 0.15) is 16.6 Å². The zero-order valence-electron chi connectivity index (χ0n) is 11.1. The van der Waals surface area contributed by atoms with Crippen molar-refractivity contribution in [2.75, 3.05) is 5.32 Å². The number of amides is 1. The third-order valence-electron chi connectivity index (χ3n) is 2.79. The van der Waals surface area contributed by atoms with Gasteiger partial charge >= 0.3 is 0 Å². The summed E-state index contributed by atoms with van der Waals surface area (Å²) < 4.78 is 26.7. The number of thiocarbonyl (C=S) groups is 1. The van der Waals surface area contributed by atoms with Crippen LogP contribution in [0.1, 0.15) is 21.5 Å². The summed E-state index contributed by atoms with van der Waals surface area (Å²) in [6.07, 6.45) is 0. The molecule has 3 nitrogen and oxygen atoms in total. The number of rotatable bonds is 3. The maximum Gasteiger partial charge on any atom is 0.255 e. The molecule has 3 N–H and O–H groups in total. The second kappa shape index (κ2) is 5.97. The first-order valence-electron chi connectivity index (χ1n) is 6.04. The molecule has 2 aromatic carbocycles. The molecule has 0 saturated carbocycles. The van der Waals surface area contributed by atoms with Crippen molar-refractivity contribution in [3.05, 3.63) is 64.7 Å². The lowest BCUT2D eigenvalue weighted by Crippen LogP contribution is -2.15. The van der Waals surface area contributed by atoms with E-state index in [1.54, 1.807) is 13.0 Å². The first kappa shape index (κ1) is 15.1. The van der Waals surface area contributed by atoms with Gasteiger partial charge < -0.3 is 11.1 Å². The summed E-state index contributed by atoms with van der Waals surface area (Å²) in [6.45, 7) is 1.68. The Balaban J connectivity index is 2.27. The molecule has 0 unspecified atom stereocenters. The molecular formula is C15H12F2N2OS. The SMILES string of the molecule is Cc1cc(F)cc(C(=O)Nc2ccc(F)c(C(N)=S)c2)c1. The van der Waals surface area contributed by atoms with E-state index in [4.69, 9.17) is 18.0 Å². The van der Waals surface area contributed by atoms with Crippen LogP contribution in [-0.2, 0) is 0 Å². The summed E-state index contributed by atoms with van der Waals surface area (Å²) in [5.41, 5.74) is 6.56. The van der Waals surface area contributed by atoms with Crippen LogP contribution in [0.5, 0.6) is 0 Å². The van der Waals surface area contributed by atoms with Gasteiger partial charge in [-0.3, -0.25) is 4.79 Å². The lowest BCUT2D eigenvalue weighted by molar-refractivity contribution is 0.102. The van der Waals surface area contributed by atoms with E-state index in [1.807, 2.05) is 0 Å². The zero-order valence-corrected chi connectivity index (χ0v) is 11.9. The van der Waals surface area contributed by atoms with Crippen LogP contribution in [0.4, 0.5) is 14.5 Å². The van der Waals surface area contributed by atoms with Gasteiger partial charge in [-0.1, -0.05) is 12.2 Å². The quantitative estimate of drug-likeness (QED) is 0.857. The fourth-order valence-electron chi connectivity index (χ4n) is 1.86. The fraction of sp³-hybridized carbons (Fsp3) is 0.0667. The van der Waals surface area contributed by atoms with Crippen molar-refractivity contribution in [1.29, 1.82) is 0 Å². The average Bonchev–Trinajstić information content (AvgIpc) is 2.39. The second-order valence-corrected chi connectivity index (χ2v) is 4.97. The number of halogens is 2. The maximum absolute atomic E-state index is 13.5. The van der Waals surface area contributed by atoms with Crippen molar-refractivity contribution in [3.8, 4) is 0 Å². The summed E-state index contributed by atoms with van der Waals surface area (Å²) >= 11 is 4.73. The van der Waals surface area contributed by atoms with E-state index in [0.717, 1.165) is 12.1 Å². The molecule has 0 aromatic heterocycles. The molecular weight excluding hydrogens is 294 g/mol. The van der Waals surface area contributed by atoms with Crippen LogP contribution >= 0.6 is 12.2 Å². The molecule has 0 fully saturated rings. The molecule has 6 heteroatoms. The normalized spacial score (nSPS) is 10.2. The average molecular weight is 306 g/mol. The number of carbonyl (C=O) groups is 1. The molecule has 0 atom stereocenters. The summed E-state index contributed by atoms with van der Waals surface area (Å²) in [4.78, 5) is 11.9. The van der Waals surface area contributed by atoms with Gasteiger partial charge in [-0.2, -0.15) is 0 Å². The Morgan fingerprint density at radius 2 is 1.90 bits per heavy atom. The van der Waals surface area contributed by atoms with Gasteiger partial charge in [-0.05, 0) is 48.9 Å². The van der Waals surface area contributed by atoms with Crippen LogP contribution < -0.4 is 11.1 Å². The minimum atomic E-state index is -0.568. The Kier molecular flexibility index (Phi) is 4.28. The van der Waals surface area contributed by atoms with E-state index in [2.05, 4.69) is 5.32 Å². The topological polar surface area (TPSA) is 55.1 Å².